The maximum absolute atomic E-state index is 4.32. The summed E-state index contributed by atoms with van der Waals surface area (Å²) in [6.45, 7) is 0. The van der Waals surface area contributed by atoms with Gasteiger partial charge in [-0.05, 0) is 40.5 Å². The first kappa shape index (κ1) is 12.1. The van der Waals surface area contributed by atoms with E-state index in [1.165, 1.54) is 22.3 Å². The van der Waals surface area contributed by atoms with E-state index in [4.69, 9.17) is 0 Å². The Kier molecular flexibility index (Phi) is 3.39. The van der Waals surface area contributed by atoms with Crippen molar-refractivity contribution in [2.75, 3.05) is 0 Å². The molecule has 0 heterocycles. The maximum Gasteiger partial charge on any atom is 0.00404 e. The highest BCUT2D eigenvalue weighted by atomic mass is 32.1. The fourth-order valence-electron chi connectivity index (χ4n) is 2.16. The third kappa shape index (κ3) is 2.72. The van der Waals surface area contributed by atoms with Crippen molar-refractivity contribution in [1.82, 2.24) is 0 Å². The minimum atomic E-state index is 0.989. The van der Waals surface area contributed by atoms with Crippen LogP contribution in [0, 0.1) is 0 Å². The van der Waals surface area contributed by atoms with E-state index in [-0.39, 0.29) is 0 Å². The molecule has 19 heavy (non-hydrogen) atoms. The Morgan fingerprint density at radius 2 is 1.00 bits per heavy atom. The van der Waals surface area contributed by atoms with Crippen LogP contribution in [0.5, 0.6) is 0 Å². The summed E-state index contributed by atoms with van der Waals surface area (Å²) in [6, 6.07) is 27.3. The van der Waals surface area contributed by atoms with E-state index < -0.39 is 0 Å². The lowest BCUT2D eigenvalue weighted by molar-refractivity contribution is 1.47. The lowest BCUT2D eigenvalue weighted by atomic mass is 9.99. The Balaban J connectivity index is 2.03. The summed E-state index contributed by atoms with van der Waals surface area (Å²) in [5, 5.41) is 0. The second kappa shape index (κ2) is 5.33. The van der Waals surface area contributed by atoms with Crippen molar-refractivity contribution in [2.45, 2.75) is 4.90 Å². The van der Waals surface area contributed by atoms with Crippen LogP contribution in [0.3, 0.4) is 0 Å². The molecule has 0 spiro atoms. The monoisotopic (exact) mass is 262 g/mol. The molecule has 3 aromatic carbocycles. The first-order valence-electron chi connectivity index (χ1n) is 6.28. The van der Waals surface area contributed by atoms with Crippen molar-refractivity contribution in [3.8, 4) is 22.3 Å². The third-order valence-corrected chi connectivity index (χ3v) is 3.47. The number of thiol groups is 1. The van der Waals surface area contributed by atoms with Crippen LogP contribution in [0.2, 0.25) is 0 Å². The van der Waals surface area contributed by atoms with E-state index in [1.54, 1.807) is 0 Å². The van der Waals surface area contributed by atoms with Crippen molar-refractivity contribution >= 4 is 12.6 Å². The van der Waals surface area contributed by atoms with E-state index >= 15 is 0 Å². The van der Waals surface area contributed by atoms with Gasteiger partial charge in [0.15, 0.2) is 0 Å². The van der Waals surface area contributed by atoms with Gasteiger partial charge in [-0.1, -0.05) is 60.7 Å². The molecule has 0 amide bonds. The molecule has 0 nitrogen and oxygen atoms in total. The van der Waals surface area contributed by atoms with Crippen molar-refractivity contribution in [1.29, 1.82) is 0 Å². The Labute approximate surface area is 119 Å². The fraction of sp³-hybridized carbons (Fsp3) is 0. The average molecular weight is 262 g/mol. The molecule has 0 atom stereocenters. The highest BCUT2D eigenvalue weighted by molar-refractivity contribution is 7.80. The van der Waals surface area contributed by atoms with Gasteiger partial charge in [0.05, 0.1) is 0 Å². The second-order valence-electron chi connectivity index (χ2n) is 4.49. The quantitative estimate of drug-likeness (QED) is 0.594. The second-order valence-corrected chi connectivity index (χ2v) is 5.01. The lowest BCUT2D eigenvalue weighted by Gasteiger charge is -2.06. The Hall–Kier alpha value is -1.99. The number of hydrogen-bond donors (Lipinski definition) is 1. The summed E-state index contributed by atoms with van der Waals surface area (Å²) in [5.41, 5.74) is 4.94. The van der Waals surface area contributed by atoms with Crippen LogP contribution in [0.25, 0.3) is 22.3 Å². The predicted molar refractivity (Wildman–Crippen MR) is 84.6 cm³/mol. The molecule has 0 saturated heterocycles. The number of rotatable bonds is 2. The van der Waals surface area contributed by atoms with Gasteiger partial charge in [-0.15, -0.1) is 12.6 Å². The van der Waals surface area contributed by atoms with Crippen LogP contribution in [0.1, 0.15) is 0 Å². The van der Waals surface area contributed by atoms with Crippen LogP contribution in [0.15, 0.2) is 83.8 Å². The number of benzene rings is 3. The van der Waals surface area contributed by atoms with Gasteiger partial charge < -0.3 is 0 Å². The molecule has 0 bridgehead atoms. The Morgan fingerprint density at radius 1 is 0.474 bits per heavy atom. The average Bonchev–Trinajstić information content (AvgIpc) is 2.49. The van der Waals surface area contributed by atoms with Gasteiger partial charge in [0.2, 0.25) is 0 Å². The van der Waals surface area contributed by atoms with Crippen molar-refractivity contribution in [2.24, 2.45) is 0 Å². The molecule has 0 radical (unpaired) electrons. The van der Waals surface area contributed by atoms with Crippen LogP contribution in [0.4, 0.5) is 0 Å². The molecule has 3 rings (SSSR count). The summed E-state index contributed by atoms with van der Waals surface area (Å²) in [6.07, 6.45) is 0. The minimum Gasteiger partial charge on any atom is -0.143 e. The molecule has 0 aliphatic rings. The zero-order valence-corrected chi connectivity index (χ0v) is 11.3. The highest BCUT2D eigenvalue weighted by Gasteiger charge is 2.01. The van der Waals surface area contributed by atoms with Gasteiger partial charge in [0, 0.05) is 4.90 Å². The molecule has 0 aliphatic carbocycles. The van der Waals surface area contributed by atoms with Gasteiger partial charge in [-0.2, -0.15) is 0 Å². The van der Waals surface area contributed by atoms with E-state index in [0.29, 0.717) is 0 Å². The third-order valence-electron chi connectivity index (χ3n) is 3.17. The first-order valence-corrected chi connectivity index (χ1v) is 6.72. The Morgan fingerprint density at radius 3 is 1.63 bits per heavy atom. The molecule has 0 aliphatic heterocycles. The minimum absolute atomic E-state index is 0.989. The normalized spacial score (nSPS) is 10.4. The van der Waals surface area contributed by atoms with Crippen LogP contribution < -0.4 is 0 Å². The van der Waals surface area contributed by atoms with Crippen LogP contribution in [-0.2, 0) is 0 Å². The largest absolute Gasteiger partial charge is 0.143 e. The summed E-state index contributed by atoms with van der Waals surface area (Å²) in [4.78, 5) is 0.989. The summed E-state index contributed by atoms with van der Waals surface area (Å²) < 4.78 is 0. The summed E-state index contributed by atoms with van der Waals surface area (Å²) in [7, 11) is 0. The van der Waals surface area contributed by atoms with Gasteiger partial charge >= 0.3 is 0 Å². The molecule has 0 unspecified atom stereocenters. The Bertz CT molecular complexity index is 670. The van der Waals surface area contributed by atoms with Crippen molar-refractivity contribution < 1.29 is 0 Å². The molecular formula is C18H14S. The van der Waals surface area contributed by atoms with E-state index in [2.05, 4.69) is 73.3 Å². The lowest BCUT2D eigenvalue weighted by Crippen LogP contribution is -1.81. The first-order chi connectivity index (χ1) is 9.33. The highest BCUT2D eigenvalue weighted by Crippen LogP contribution is 2.26. The molecule has 0 saturated carbocycles. The van der Waals surface area contributed by atoms with E-state index in [0.717, 1.165) is 4.90 Å². The van der Waals surface area contributed by atoms with Crippen molar-refractivity contribution in [3.63, 3.8) is 0 Å². The molecule has 0 aromatic heterocycles. The molecule has 92 valence electrons. The van der Waals surface area contributed by atoms with Gasteiger partial charge in [-0.25, -0.2) is 0 Å². The van der Waals surface area contributed by atoms with Crippen molar-refractivity contribution in [3.05, 3.63) is 78.9 Å². The van der Waals surface area contributed by atoms with Gasteiger partial charge in [0.1, 0.15) is 0 Å². The molecular weight excluding hydrogens is 248 g/mol. The zero-order valence-electron chi connectivity index (χ0n) is 10.5. The summed E-state index contributed by atoms with van der Waals surface area (Å²) in [5.74, 6) is 0. The molecule has 0 fully saturated rings. The van der Waals surface area contributed by atoms with Crippen LogP contribution >= 0.6 is 12.6 Å². The zero-order chi connectivity index (χ0) is 13.1. The van der Waals surface area contributed by atoms with E-state index in [9.17, 15) is 0 Å². The van der Waals surface area contributed by atoms with Gasteiger partial charge in [-0.3, -0.25) is 0 Å². The molecule has 3 aromatic rings. The van der Waals surface area contributed by atoms with Crippen LogP contribution in [-0.4, -0.2) is 0 Å². The maximum atomic E-state index is 4.32. The smallest absolute Gasteiger partial charge is 0.00404 e. The fourth-order valence-corrected chi connectivity index (χ4v) is 2.31. The van der Waals surface area contributed by atoms with Gasteiger partial charge in [0.25, 0.3) is 0 Å². The van der Waals surface area contributed by atoms with E-state index in [1.807, 2.05) is 18.2 Å². The predicted octanol–water partition coefficient (Wildman–Crippen LogP) is 5.31. The SMILES string of the molecule is Sc1ccc(-c2cccc(-c3ccccc3)c2)cc1. The summed E-state index contributed by atoms with van der Waals surface area (Å²) >= 11 is 4.32. The molecule has 0 N–H and O–H groups in total. The standard InChI is InChI=1S/C18H14S/c19-18-11-9-15(10-12-18)17-8-4-7-16(13-17)14-5-2-1-3-6-14/h1-13,19H. The molecule has 1 heteroatoms. The number of hydrogen-bond acceptors (Lipinski definition) is 1. The topological polar surface area (TPSA) is 0 Å².